The first-order chi connectivity index (χ1) is 12.8. The van der Waals surface area contributed by atoms with E-state index in [1.54, 1.807) is 0 Å². The summed E-state index contributed by atoms with van der Waals surface area (Å²) in [5.41, 5.74) is 0. The average molecular weight is 358 g/mol. The summed E-state index contributed by atoms with van der Waals surface area (Å²) >= 11 is -1.31. The first-order valence-corrected chi connectivity index (χ1v) is 9.43. The molecule has 126 valence electrons. The van der Waals surface area contributed by atoms with Gasteiger partial charge in [-0.2, -0.15) is 0 Å². The summed E-state index contributed by atoms with van der Waals surface area (Å²) in [7, 11) is 0. The van der Waals surface area contributed by atoms with Crippen LogP contribution in [0.4, 0.5) is 0 Å². The normalized spacial score (nSPS) is 13.3. The minimum atomic E-state index is -1.31. The maximum atomic E-state index is 13.2. The van der Waals surface area contributed by atoms with Crippen LogP contribution < -0.4 is 9.47 Å². The monoisotopic (exact) mass is 358 g/mol. The summed E-state index contributed by atoms with van der Waals surface area (Å²) in [5, 5.41) is 1.79. The Morgan fingerprint density at radius 1 is 0.615 bits per heavy atom. The molecule has 3 nitrogen and oxygen atoms in total. The predicted octanol–water partition coefficient (Wildman–Crippen LogP) is 5.90. The third-order valence-corrected chi connectivity index (χ3v) is 5.80. The number of hydrogen-bond acceptors (Lipinski definition) is 3. The SMILES string of the molecule is [O-][S+](c1ccccc1)c1cc2c(c3ccccc13)Oc1ccccc1O2. The van der Waals surface area contributed by atoms with Crippen LogP contribution in [0, 0.1) is 0 Å². The van der Waals surface area contributed by atoms with E-state index < -0.39 is 11.2 Å². The number of benzene rings is 4. The molecule has 4 aromatic carbocycles. The van der Waals surface area contributed by atoms with Gasteiger partial charge in [0.15, 0.2) is 32.8 Å². The molecule has 0 aromatic heterocycles. The van der Waals surface area contributed by atoms with E-state index in [0.29, 0.717) is 27.9 Å². The smallest absolute Gasteiger partial charge is 0.178 e. The van der Waals surface area contributed by atoms with E-state index in [1.807, 2.05) is 84.9 Å². The van der Waals surface area contributed by atoms with Crippen LogP contribution in [-0.2, 0) is 11.2 Å². The molecule has 26 heavy (non-hydrogen) atoms. The van der Waals surface area contributed by atoms with Gasteiger partial charge < -0.3 is 14.0 Å². The average Bonchev–Trinajstić information content (AvgIpc) is 2.72. The lowest BCUT2D eigenvalue weighted by molar-refractivity contribution is 0.362. The van der Waals surface area contributed by atoms with Crippen molar-refractivity contribution >= 4 is 21.9 Å². The highest BCUT2D eigenvalue weighted by atomic mass is 32.2. The molecule has 0 saturated carbocycles. The molecule has 0 amide bonds. The predicted molar refractivity (Wildman–Crippen MR) is 102 cm³/mol. The van der Waals surface area contributed by atoms with E-state index in [4.69, 9.17) is 9.47 Å². The Hall–Kier alpha value is -2.95. The Bertz CT molecular complexity index is 1110. The van der Waals surface area contributed by atoms with Crippen LogP contribution in [0.2, 0.25) is 0 Å². The second-order valence-corrected chi connectivity index (χ2v) is 7.43. The van der Waals surface area contributed by atoms with Gasteiger partial charge in [-0.25, -0.2) is 0 Å². The summed E-state index contributed by atoms with van der Waals surface area (Å²) < 4.78 is 25.4. The van der Waals surface area contributed by atoms with E-state index >= 15 is 0 Å². The molecular formula is C22H14O3S. The topological polar surface area (TPSA) is 41.5 Å². The standard InChI is InChI=1S/C22H14O3S/c23-26(15-8-2-1-3-9-15)21-14-20-22(17-11-5-4-10-16(17)21)25-19-13-7-6-12-18(19)24-20/h1-14H. The molecule has 0 fully saturated rings. The molecular weight excluding hydrogens is 344 g/mol. The lowest BCUT2D eigenvalue weighted by Gasteiger charge is -2.23. The van der Waals surface area contributed by atoms with Gasteiger partial charge >= 0.3 is 0 Å². The molecule has 1 aliphatic heterocycles. The van der Waals surface area contributed by atoms with Gasteiger partial charge in [-0.15, -0.1) is 0 Å². The molecule has 1 aliphatic rings. The maximum absolute atomic E-state index is 13.2. The van der Waals surface area contributed by atoms with E-state index in [-0.39, 0.29) is 0 Å². The number of ether oxygens (including phenoxy) is 2. The van der Waals surface area contributed by atoms with Crippen molar-refractivity contribution in [3.63, 3.8) is 0 Å². The highest BCUT2D eigenvalue weighted by Crippen LogP contribution is 2.50. The molecule has 1 atom stereocenters. The van der Waals surface area contributed by atoms with Crippen molar-refractivity contribution in [2.75, 3.05) is 0 Å². The van der Waals surface area contributed by atoms with Crippen LogP contribution in [0.25, 0.3) is 10.8 Å². The molecule has 4 heteroatoms. The van der Waals surface area contributed by atoms with E-state index in [1.165, 1.54) is 0 Å². The van der Waals surface area contributed by atoms with Gasteiger partial charge in [0, 0.05) is 28.0 Å². The molecule has 0 spiro atoms. The number of rotatable bonds is 2. The fourth-order valence-electron chi connectivity index (χ4n) is 3.14. The Morgan fingerprint density at radius 2 is 1.23 bits per heavy atom. The molecule has 1 heterocycles. The number of fused-ring (bicyclic) bond motifs is 4. The van der Waals surface area contributed by atoms with E-state index in [2.05, 4.69) is 0 Å². The number of para-hydroxylation sites is 2. The van der Waals surface area contributed by atoms with Gasteiger partial charge in [0.1, 0.15) is 0 Å². The van der Waals surface area contributed by atoms with Gasteiger partial charge in [-0.3, -0.25) is 0 Å². The zero-order valence-electron chi connectivity index (χ0n) is 13.7. The van der Waals surface area contributed by atoms with E-state index in [0.717, 1.165) is 15.7 Å². The van der Waals surface area contributed by atoms with Crippen LogP contribution in [0.3, 0.4) is 0 Å². The van der Waals surface area contributed by atoms with Crippen LogP contribution in [0.15, 0.2) is 94.7 Å². The van der Waals surface area contributed by atoms with Gasteiger partial charge in [0.2, 0.25) is 0 Å². The Labute approximate surface area is 154 Å². The summed E-state index contributed by atoms with van der Waals surface area (Å²) in [6, 6.07) is 26.7. The molecule has 0 aliphatic carbocycles. The molecule has 0 bridgehead atoms. The lowest BCUT2D eigenvalue weighted by Crippen LogP contribution is -2.06. The van der Waals surface area contributed by atoms with Crippen molar-refractivity contribution in [3.05, 3.63) is 84.9 Å². The Kier molecular flexibility index (Phi) is 3.59. The maximum Gasteiger partial charge on any atom is 0.178 e. The first kappa shape index (κ1) is 15.3. The minimum Gasteiger partial charge on any atom is -0.606 e. The lowest BCUT2D eigenvalue weighted by atomic mass is 10.1. The van der Waals surface area contributed by atoms with Crippen molar-refractivity contribution in [1.82, 2.24) is 0 Å². The van der Waals surface area contributed by atoms with Crippen LogP contribution >= 0.6 is 0 Å². The molecule has 0 N–H and O–H groups in total. The molecule has 5 rings (SSSR count). The second kappa shape index (κ2) is 6.09. The summed E-state index contributed by atoms with van der Waals surface area (Å²) in [5.74, 6) is 2.59. The Balaban J connectivity index is 1.72. The van der Waals surface area contributed by atoms with Crippen LogP contribution in [0.5, 0.6) is 23.0 Å². The van der Waals surface area contributed by atoms with Crippen LogP contribution in [0.1, 0.15) is 0 Å². The number of hydrogen-bond donors (Lipinski definition) is 0. The van der Waals surface area contributed by atoms with Gasteiger partial charge in [0.25, 0.3) is 0 Å². The van der Waals surface area contributed by atoms with Crippen molar-refractivity contribution in [1.29, 1.82) is 0 Å². The summed E-state index contributed by atoms with van der Waals surface area (Å²) in [6.45, 7) is 0. The fourth-order valence-corrected chi connectivity index (χ4v) is 4.39. The first-order valence-electron chi connectivity index (χ1n) is 8.28. The van der Waals surface area contributed by atoms with Gasteiger partial charge in [-0.05, 0) is 30.3 Å². The van der Waals surface area contributed by atoms with Crippen molar-refractivity contribution < 1.29 is 14.0 Å². The summed E-state index contributed by atoms with van der Waals surface area (Å²) in [4.78, 5) is 1.48. The highest BCUT2D eigenvalue weighted by Gasteiger charge is 2.27. The van der Waals surface area contributed by atoms with Crippen LogP contribution in [-0.4, -0.2) is 4.55 Å². The minimum absolute atomic E-state index is 0.585. The fraction of sp³-hybridized carbons (Fsp3) is 0. The third-order valence-electron chi connectivity index (χ3n) is 4.36. The summed E-state index contributed by atoms with van der Waals surface area (Å²) in [6.07, 6.45) is 0. The largest absolute Gasteiger partial charge is 0.606 e. The molecule has 0 radical (unpaired) electrons. The molecule has 1 unspecified atom stereocenters. The van der Waals surface area contributed by atoms with Gasteiger partial charge in [-0.1, -0.05) is 48.5 Å². The second-order valence-electron chi connectivity index (χ2n) is 5.98. The van der Waals surface area contributed by atoms with Gasteiger partial charge in [0.05, 0.1) is 0 Å². The van der Waals surface area contributed by atoms with Crippen molar-refractivity contribution in [2.24, 2.45) is 0 Å². The highest BCUT2D eigenvalue weighted by molar-refractivity contribution is 7.91. The molecule has 0 saturated heterocycles. The van der Waals surface area contributed by atoms with E-state index in [9.17, 15) is 4.55 Å². The van der Waals surface area contributed by atoms with Crippen molar-refractivity contribution in [2.45, 2.75) is 9.79 Å². The zero-order chi connectivity index (χ0) is 17.5. The Morgan fingerprint density at radius 3 is 2.00 bits per heavy atom. The molecule has 4 aromatic rings. The third kappa shape index (κ3) is 2.43. The zero-order valence-corrected chi connectivity index (χ0v) is 14.5. The van der Waals surface area contributed by atoms with Crippen molar-refractivity contribution in [3.8, 4) is 23.0 Å². The quantitative estimate of drug-likeness (QED) is 0.369.